The van der Waals surface area contributed by atoms with Crippen molar-refractivity contribution in [1.82, 2.24) is 4.90 Å². The molecule has 0 N–H and O–H groups in total. The molecule has 1 aliphatic rings. The van der Waals surface area contributed by atoms with Gasteiger partial charge in [0.25, 0.3) is 5.91 Å². The van der Waals surface area contributed by atoms with Crippen LogP contribution in [0.5, 0.6) is 0 Å². The zero-order valence-corrected chi connectivity index (χ0v) is 17.5. The summed E-state index contributed by atoms with van der Waals surface area (Å²) in [4.78, 5) is 14.7. The monoisotopic (exact) mass is 447 g/mol. The minimum Gasteiger partial charge on any atom is -0.459 e. The number of hydrogen-bond acceptors (Lipinski definition) is 4. The predicted octanol–water partition coefficient (Wildman–Crippen LogP) is 4.57. The van der Waals surface area contributed by atoms with Crippen molar-refractivity contribution in [2.75, 3.05) is 11.5 Å². The third kappa shape index (κ3) is 4.57. The van der Waals surface area contributed by atoms with E-state index in [2.05, 4.69) is 0 Å². The molecule has 5 nitrogen and oxygen atoms in total. The lowest BCUT2D eigenvalue weighted by molar-refractivity contribution is 0.0666. The van der Waals surface area contributed by atoms with Crippen molar-refractivity contribution in [3.63, 3.8) is 0 Å². The molecule has 0 spiro atoms. The Morgan fingerprint density at radius 1 is 1.07 bits per heavy atom. The fraction of sp³-hybridized carbons (Fsp3) is 0.227. The van der Waals surface area contributed by atoms with Gasteiger partial charge in [0.05, 0.1) is 18.1 Å². The molecule has 1 aromatic heterocycles. The van der Waals surface area contributed by atoms with Crippen molar-refractivity contribution < 1.29 is 22.0 Å². The van der Waals surface area contributed by atoms with Crippen molar-refractivity contribution in [1.29, 1.82) is 0 Å². The summed E-state index contributed by atoms with van der Waals surface area (Å²) in [5.74, 6) is 0.420. The summed E-state index contributed by atoms with van der Waals surface area (Å²) < 4.78 is 43.0. The minimum absolute atomic E-state index is 0.0566. The Morgan fingerprint density at radius 3 is 2.40 bits per heavy atom. The van der Waals surface area contributed by atoms with Crippen LogP contribution < -0.4 is 0 Å². The van der Waals surface area contributed by atoms with E-state index in [0.717, 1.165) is 0 Å². The standard InChI is InChI=1S/C22H19ClFNO4S/c23-17-5-1-16(2-6-17)22(26)25(19-11-12-30(27,28)14-19)13-20-9-10-21(29-20)15-3-7-18(24)8-4-15/h1-10,19H,11-14H2/t19-/m1/s1. The number of sulfone groups is 1. The van der Waals surface area contributed by atoms with E-state index >= 15 is 0 Å². The van der Waals surface area contributed by atoms with Gasteiger partial charge in [-0.1, -0.05) is 11.6 Å². The maximum atomic E-state index is 13.2. The summed E-state index contributed by atoms with van der Waals surface area (Å²) >= 11 is 5.92. The first-order chi connectivity index (χ1) is 14.3. The highest BCUT2D eigenvalue weighted by Crippen LogP contribution is 2.27. The van der Waals surface area contributed by atoms with Crippen LogP contribution in [0.25, 0.3) is 11.3 Å². The first-order valence-electron chi connectivity index (χ1n) is 9.42. The fourth-order valence-electron chi connectivity index (χ4n) is 3.55. The van der Waals surface area contributed by atoms with Gasteiger partial charge in [-0.15, -0.1) is 0 Å². The van der Waals surface area contributed by atoms with Crippen LogP contribution in [0.15, 0.2) is 65.1 Å². The molecule has 30 heavy (non-hydrogen) atoms. The molecule has 1 amide bonds. The maximum Gasteiger partial charge on any atom is 0.254 e. The Labute approximate surface area is 179 Å². The smallest absolute Gasteiger partial charge is 0.254 e. The molecule has 1 aliphatic heterocycles. The zero-order valence-electron chi connectivity index (χ0n) is 15.9. The first-order valence-corrected chi connectivity index (χ1v) is 11.6. The second-order valence-electron chi connectivity index (χ2n) is 7.27. The second-order valence-corrected chi connectivity index (χ2v) is 9.93. The summed E-state index contributed by atoms with van der Waals surface area (Å²) in [5.41, 5.74) is 1.13. The normalized spacial score (nSPS) is 17.7. The van der Waals surface area contributed by atoms with E-state index in [1.165, 1.54) is 12.1 Å². The van der Waals surface area contributed by atoms with Crippen molar-refractivity contribution in [3.05, 3.63) is 82.8 Å². The number of benzene rings is 2. The van der Waals surface area contributed by atoms with Gasteiger partial charge in [-0.05, 0) is 67.1 Å². The SMILES string of the molecule is O=C(c1ccc(Cl)cc1)N(Cc1ccc(-c2ccc(F)cc2)o1)[C@@H]1CCS(=O)(=O)C1. The molecular formula is C22H19ClFNO4S. The lowest BCUT2D eigenvalue weighted by Crippen LogP contribution is -2.40. The molecular weight excluding hydrogens is 429 g/mol. The van der Waals surface area contributed by atoms with Gasteiger partial charge in [-0.3, -0.25) is 4.79 Å². The lowest BCUT2D eigenvalue weighted by atomic mass is 10.1. The topological polar surface area (TPSA) is 67.6 Å². The molecule has 0 saturated carbocycles. The van der Waals surface area contributed by atoms with Crippen LogP contribution in [0.1, 0.15) is 22.5 Å². The highest BCUT2D eigenvalue weighted by atomic mass is 35.5. The average Bonchev–Trinajstić information content (AvgIpc) is 3.33. The quantitative estimate of drug-likeness (QED) is 0.574. The number of rotatable bonds is 5. The molecule has 1 saturated heterocycles. The van der Waals surface area contributed by atoms with Crippen LogP contribution in [-0.4, -0.2) is 36.8 Å². The average molecular weight is 448 g/mol. The van der Waals surface area contributed by atoms with E-state index < -0.39 is 15.9 Å². The molecule has 2 aromatic carbocycles. The van der Waals surface area contributed by atoms with Crippen LogP contribution in [0.3, 0.4) is 0 Å². The number of carbonyl (C=O) groups is 1. The van der Waals surface area contributed by atoms with Crippen LogP contribution >= 0.6 is 11.6 Å². The van der Waals surface area contributed by atoms with Crippen molar-refractivity contribution >= 4 is 27.3 Å². The molecule has 0 radical (unpaired) electrons. The van der Waals surface area contributed by atoms with E-state index in [1.54, 1.807) is 53.4 Å². The Morgan fingerprint density at radius 2 is 1.77 bits per heavy atom. The van der Waals surface area contributed by atoms with E-state index in [0.29, 0.717) is 34.1 Å². The number of amides is 1. The van der Waals surface area contributed by atoms with Crippen LogP contribution in [-0.2, 0) is 16.4 Å². The number of hydrogen-bond donors (Lipinski definition) is 0. The summed E-state index contributed by atoms with van der Waals surface area (Å²) in [6, 6.07) is 15.4. The molecule has 1 atom stereocenters. The maximum absolute atomic E-state index is 13.2. The van der Waals surface area contributed by atoms with Gasteiger partial charge in [0.1, 0.15) is 17.3 Å². The van der Waals surface area contributed by atoms with Gasteiger partial charge < -0.3 is 9.32 Å². The summed E-state index contributed by atoms with van der Waals surface area (Å²) in [6.45, 7) is 0.128. The summed E-state index contributed by atoms with van der Waals surface area (Å²) in [5, 5.41) is 0.511. The molecule has 0 unspecified atom stereocenters. The third-order valence-corrected chi connectivity index (χ3v) is 7.12. The van der Waals surface area contributed by atoms with E-state index in [9.17, 15) is 17.6 Å². The minimum atomic E-state index is -3.18. The number of nitrogens with zero attached hydrogens (tertiary/aromatic N) is 1. The predicted molar refractivity (Wildman–Crippen MR) is 112 cm³/mol. The van der Waals surface area contributed by atoms with Gasteiger partial charge in [0.15, 0.2) is 9.84 Å². The third-order valence-electron chi connectivity index (χ3n) is 5.12. The van der Waals surface area contributed by atoms with Crippen LogP contribution in [0.4, 0.5) is 4.39 Å². The van der Waals surface area contributed by atoms with Gasteiger partial charge in [0, 0.05) is 22.2 Å². The van der Waals surface area contributed by atoms with Crippen LogP contribution in [0.2, 0.25) is 5.02 Å². The zero-order chi connectivity index (χ0) is 21.3. The molecule has 0 bridgehead atoms. The highest BCUT2D eigenvalue weighted by molar-refractivity contribution is 7.91. The van der Waals surface area contributed by atoms with Gasteiger partial charge in [0.2, 0.25) is 0 Å². The first kappa shape index (κ1) is 20.6. The highest BCUT2D eigenvalue weighted by Gasteiger charge is 2.35. The van der Waals surface area contributed by atoms with E-state index in [4.69, 9.17) is 16.0 Å². The van der Waals surface area contributed by atoms with Crippen molar-refractivity contribution in [2.45, 2.75) is 19.0 Å². The van der Waals surface area contributed by atoms with E-state index in [-0.39, 0.29) is 29.8 Å². The number of halogens is 2. The molecule has 4 rings (SSSR count). The molecule has 2 heterocycles. The van der Waals surface area contributed by atoms with Gasteiger partial charge in [-0.25, -0.2) is 12.8 Å². The summed E-state index contributed by atoms with van der Waals surface area (Å²) in [6.07, 6.45) is 0.382. The Hall–Kier alpha value is -2.64. The van der Waals surface area contributed by atoms with Crippen LogP contribution in [0, 0.1) is 5.82 Å². The molecule has 8 heteroatoms. The van der Waals surface area contributed by atoms with E-state index in [1.807, 2.05) is 0 Å². The Bertz CT molecular complexity index is 1160. The number of carbonyl (C=O) groups excluding carboxylic acids is 1. The molecule has 3 aromatic rings. The summed E-state index contributed by atoms with van der Waals surface area (Å²) in [7, 11) is -3.18. The lowest BCUT2D eigenvalue weighted by Gasteiger charge is -2.27. The van der Waals surface area contributed by atoms with Gasteiger partial charge >= 0.3 is 0 Å². The second kappa shape index (κ2) is 8.24. The van der Waals surface area contributed by atoms with Crippen molar-refractivity contribution in [3.8, 4) is 11.3 Å². The Balaban J connectivity index is 1.61. The molecule has 0 aliphatic carbocycles. The Kier molecular flexibility index (Phi) is 5.66. The molecule has 156 valence electrons. The largest absolute Gasteiger partial charge is 0.459 e. The molecule has 1 fully saturated rings. The number of furan rings is 1. The van der Waals surface area contributed by atoms with Crippen molar-refractivity contribution in [2.24, 2.45) is 0 Å². The van der Waals surface area contributed by atoms with Gasteiger partial charge in [-0.2, -0.15) is 0 Å². The fourth-order valence-corrected chi connectivity index (χ4v) is 5.40.